The van der Waals surface area contributed by atoms with Crippen molar-refractivity contribution in [2.45, 2.75) is 6.92 Å². The van der Waals surface area contributed by atoms with Gasteiger partial charge in [-0.05, 0) is 30.0 Å². The van der Waals surface area contributed by atoms with Crippen molar-refractivity contribution in [1.29, 1.82) is 0 Å². The Morgan fingerprint density at radius 1 is 1.05 bits per heavy atom. The number of carbonyl (C=O) groups is 2. The third-order valence-electron chi connectivity index (χ3n) is 3.15. The van der Waals surface area contributed by atoms with E-state index in [1.807, 2.05) is 30.5 Å². The molecule has 1 aromatic heterocycles. The van der Waals surface area contributed by atoms with Crippen LogP contribution in [-0.4, -0.2) is 11.8 Å². The first kappa shape index (κ1) is 13.1. The van der Waals surface area contributed by atoms with Gasteiger partial charge in [-0.15, -0.1) is 11.3 Å². The average molecular weight is 304 g/mol. The molecule has 100 valence electrons. The van der Waals surface area contributed by atoms with E-state index in [0.29, 0.717) is 10.6 Å². The Kier molecular flexibility index (Phi) is 3.20. The Bertz CT molecular complexity index is 734. The quantitative estimate of drug-likeness (QED) is 0.795. The smallest absolute Gasteiger partial charge is 0.268 e. The third-order valence-corrected chi connectivity index (χ3v) is 4.39. The van der Waals surface area contributed by atoms with Crippen LogP contribution in [0.4, 0.5) is 5.69 Å². The minimum absolute atomic E-state index is 0.0132. The van der Waals surface area contributed by atoms with Gasteiger partial charge in [-0.1, -0.05) is 35.9 Å². The summed E-state index contributed by atoms with van der Waals surface area (Å²) in [5, 5.41) is 1.83. The Balaban J connectivity index is 2.10. The van der Waals surface area contributed by atoms with Crippen molar-refractivity contribution in [3.63, 3.8) is 0 Å². The fraction of sp³-hybridized carbons (Fsp3) is 0.0667. The molecule has 0 saturated carbocycles. The molecule has 0 unspecified atom stereocenters. The molecule has 20 heavy (non-hydrogen) atoms. The van der Waals surface area contributed by atoms with E-state index in [4.69, 9.17) is 11.6 Å². The molecule has 1 aromatic carbocycles. The maximum atomic E-state index is 12.5. The predicted molar refractivity (Wildman–Crippen MR) is 80.8 cm³/mol. The van der Waals surface area contributed by atoms with Crippen LogP contribution in [0.5, 0.6) is 0 Å². The number of nitrogens with zero attached hydrogens (tertiary/aromatic N) is 1. The summed E-state index contributed by atoms with van der Waals surface area (Å²) in [4.78, 5) is 26.7. The summed E-state index contributed by atoms with van der Waals surface area (Å²) in [5.41, 5.74) is 1.72. The number of benzene rings is 1. The molecule has 0 aliphatic carbocycles. The topological polar surface area (TPSA) is 37.4 Å². The van der Waals surface area contributed by atoms with Gasteiger partial charge in [0.2, 0.25) is 0 Å². The molecule has 5 heteroatoms. The van der Waals surface area contributed by atoms with E-state index in [0.717, 1.165) is 10.5 Å². The number of halogens is 1. The number of anilines is 1. The van der Waals surface area contributed by atoms with E-state index in [9.17, 15) is 9.59 Å². The van der Waals surface area contributed by atoms with Crippen LogP contribution in [0, 0.1) is 6.92 Å². The molecular formula is C15H10ClNO2S. The molecule has 3 nitrogen and oxygen atoms in total. The van der Waals surface area contributed by atoms with Crippen molar-refractivity contribution in [2.75, 3.05) is 4.90 Å². The summed E-state index contributed by atoms with van der Waals surface area (Å²) in [6.07, 6.45) is 0. The highest BCUT2D eigenvalue weighted by Gasteiger charge is 2.40. The second-order valence-corrected chi connectivity index (χ2v) is 5.72. The number of amides is 2. The fourth-order valence-corrected chi connectivity index (χ4v) is 3.26. The van der Waals surface area contributed by atoms with Crippen LogP contribution in [0.25, 0.3) is 5.57 Å². The van der Waals surface area contributed by atoms with Crippen molar-refractivity contribution in [2.24, 2.45) is 0 Å². The zero-order valence-electron chi connectivity index (χ0n) is 10.6. The zero-order valence-corrected chi connectivity index (χ0v) is 12.2. The molecular weight excluding hydrogens is 294 g/mol. The van der Waals surface area contributed by atoms with Gasteiger partial charge in [-0.25, -0.2) is 4.90 Å². The fourth-order valence-electron chi connectivity index (χ4n) is 2.17. The summed E-state index contributed by atoms with van der Waals surface area (Å²) in [6.45, 7) is 1.85. The number of imide groups is 1. The highest BCUT2D eigenvalue weighted by atomic mass is 35.5. The van der Waals surface area contributed by atoms with Crippen LogP contribution in [0.3, 0.4) is 0 Å². The van der Waals surface area contributed by atoms with Crippen LogP contribution in [-0.2, 0) is 9.59 Å². The molecule has 3 rings (SSSR count). The van der Waals surface area contributed by atoms with Gasteiger partial charge in [-0.2, -0.15) is 0 Å². The summed E-state index contributed by atoms with van der Waals surface area (Å²) in [5.74, 6) is -0.828. The Labute approximate surface area is 125 Å². The molecule has 0 atom stereocenters. The Morgan fingerprint density at radius 2 is 1.80 bits per heavy atom. The van der Waals surface area contributed by atoms with E-state index in [1.165, 1.54) is 11.3 Å². The number of hydrogen-bond acceptors (Lipinski definition) is 3. The highest BCUT2D eigenvalue weighted by molar-refractivity contribution is 7.11. The van der Waals surface area contributed by atoms with Gasteiger partial charge in [0.1, 0.15) is 5.03 Å². The molecule has 1 aliphatic rings. The highest BCUT2D eigenvalue weighted by Crippen LogP contribution is 2.37. The lowest BCUT2D eigenvalue weighted by Crippen LogP contribution is -2.31. The first-order valence-corrected chi connectivity index (χ1v) is 7.25. The van der Waals surface area contributed by atoms with Crippen LogP contribution in [0.2, 0.25) is 0 Å². The summed E-state index contributed by atoms with van der Waals surface area (Å²) >= 11 is 7.48. The van der Waals surface area contributed by atoms with Crippen molar-refractivity contribution >= 4 is 46.0 Å². The molecule has 1 aliphatic heterocycles. The zero-order chi connectivity index (χ0) is 14.3. The van der Waals surface area contributed by atoms with Gasteiger partial charge in [-0.3, -0.25) is 9.59 Å². The lowest BCUT2D eigenvalue weighted by molar-refractivity contribution is -0.119. The number of para-hydroxylation sites is 1. The van der Waals surface area contributed by atoms with Crippen molar-refractivity contribution in [1.82, 2.24) is 0 Å². The largest absolute Gasteiger partial charge is 0.277 e. The Hall–Kier alpha value is -1.91. The van der Waals surface area contributed by atoms with Gasteiger partial charge in [0, 0.05) is 4.88 Å². The molecule has 0 saturated heterocycles. The molecule has 2 aromatic rings. The van der Waals surface area contributed by atoms with Crippen molar-refractivity contribution in [3.8, 4) is 0 Å². The third kappa shape index (κ3) is 1.88. The van der Waals surface area contributed by atoms with E-state index in [2.05, 4.69) is 0 Å². The maximum absolute atomic E-state index is 12.5. The first-order chi connectivity index (χ1) is 9.61. The van der Waals surface area contributed by atoms with Crippen LogP contribution in [0.1, 0.15) is 10.4 Å². The van der Waals surface area contributed by atoms with Gasteiger partial charge in [0.25, 0.3) is 11.8 Å². The van der Waals surface area contributed by atoms with Crippen molar-refractivity contribution < 1.29 is 9.59 Å². The summed E-state index contributed by atoms with van der Waals surface area (Å²) in [7, 11) is 0. The number of carbonyl (C=O) groups excluding carboxylic acids is 2. The van der Waals surface area contributed by atoms with Gasteiger partial charge >= 0.3 is 0 Å². The van der Waals surface area contributed by atoms with E-state index in [-0.39, 0.29) is 16.5 Å². The van der Waals surface area contributed by atoms with Crippen LogP contribution in [0.15, 0.2) is 46.8 Å². The second-order valence-electron chi connectivity index (χ2n) is 4.40. The monoisotopic (exact) mass is 303 g/mol. The van der Waals surface area contributed by atoms with Crippen molar-refractivity contribution in [3.05, 3.63) is 57.3 Å². The molecule has 0 fully saturated rings. The first-order valence-electron chi connectivity index (χ1n) is 5.99. The van der Waals surface area contributed by atoms with Crippen LogP contribution < -0.4 is 4.90 Å². The van der Waals surface area contributed by atoms with Crippen LogP contribution >= 0.6 is 22.9 Å². The molecule has 0 spiro atoms. The van der Waals surface area contributed by atoms with Gasteiger partial charge < -0.3 is 0 Å². The molecule has 2 heterocycles. The minimum Gasteiger partial charge on any atom is -0.268 e. The lowest BCUT2D eigenvalue weighted by Gasteiger charge is -2.16. The summed E-state index contributed by atoms with van der Waals surface area (Å²) < 4.78 is 0. The normalized spacial score (nSPS) is 15.4. The minimum atomic E-state index is -0.464. The average Bonchev–Trinajstić information content (AvgIpc) is 3.01. The number of hydrogen-bond donors (Lipinski definition) is 0. The predicted octanol–water partition coefficient (Wildman–Crippen LogP) is 3.58. The maximum Gasteiger partial charge on any atom is 0.277 e. The molecule has 2 amide bonds. The standard InChI is InChI=1S/C15H10ClNO2S/c1-9-5-2-3-6-10(9)17-14(18)12(13(16)15(17)19)11-7-4-8-20-11/h2-8H,1H3. The summed E-state index contributed by atoms with van der Waals surface area (Å²) in [6, 6.07) is 10.9. The van der Waals surface area contributed by atoms with Gasteiger partial charge in [0.05, 0.1) is 11.3 Å². The van der Waals surface area contributed by atoms with E-state index in [1.54, 1.807) is 18.2 Å². The lowest BCUT2D eigenvalue weighted by atomic mass is 10.1. The number of rotatable bonds is 2. The number of thiophene rings is 1. The Morgan fingerprint density at radius 3 is 2.45 bits per heavy atom. The SMILES string of the molecule is Cc1ccccc1N1C(=O)C(Cl)=C(c2cccs2)C1=O. The molecule has 0 bridgehead atoms. The molecule has 0 radical (unpaired) electrons. The number of aryl methyl sites for hydroxylation is 1. The second kappa shape index (κ2) is 4.89. The van der Waals surface area contributed by atoms with Gasteiger partial charge in [0.15, 0.2) is 0 Å². The van der Waals surface area contributed by atoms with E-state index >= 15 is 0 Å². The van der Waals surface area contributed by atoms with E-state index < -0.39 is 5.91 Å². The molecule has 0 N–H and O–H groups in total.